The quantitative estimate of drug-likeness (QED) is 0.646. The lowest BCUT2D eigenvalue weighted by molar-refractivity contribution is -0.152. The lowest BCUT2D eigenvalue weighted by Gasteiger charge is -2.31. The Morgan fingerprint density at radius 3 is 2.33 bits per heavy atom. The summed E-state index contributed by atoms with van der Waals surface area (Å²) in [5.41, 5.74) is 0.710. The van der Waals surface area contributed by atoms with Gasteiger partial charge in [-0.1, -0.05) is 39.0 Å². The van der Waals surface area contributed by atoms with Crippen LogP contribution in [0.2, 0.25) is 0 Å². The topological polar surface area (TPSA) is 71.5 Å². The molecule has 178 valence electrons. The molecule has 1 aliphatic rings. The molecule has 0 aliphatic carbocycles. The van der Waals surface area contributed by atoms with Crippen LogP contribution in [0.4, 0.5) is 24.7 Å². The molecule has 1 aromatic carbocycles. The molecule has 3 rings (SSSR count). The number of halogens is 3. The van der Waals surface area contributed by atoms with E-state index in [1.165, 1.54) is 6.07 Å². The average Bonchev–Trinajstić information content (AvgIpc) is 2.77. The third-order valence-corrected chi connectivity index (χ3v) is 5.58. The van der Waals surface area contributed by atoms with Crippen molar-refractivity contribution in [2.24, 2.45) is 5.92 Å². The average molecular weight is 464 g/mol. The number of aromatic nitrogens is 1. The van der Waals surface area contributed by atoms with E-state index in [1.54, 1.807) is 0 Å². The summed E-state index contributed by atoms with van der Waals surface area (Å²) in [5.74, 6) is -0.794. The normalized spacial score (nSPS) is 15.3. The predicted molar refractivity (Wildman–Crippen MR) is 119 cm³/mol. The van der Waals surface area contributed by atoms with Gasteiger partial charge in [0.1, 0.15) is 5.82 Å². The van der Waals surface area contributed by atoms with Gasteiger partial charge in [0, 0.05) is 25.0 Å². The molecular weight excluding hydrogens is 435 g/mol. The first-order valence-corrected chi connectivity index (χ1v) is 10.8. The molecule has 1 N–H and O–H groups in total. The Morgan fingerprint density at radius 2 is 1.76 bits per heavy atom. The molecule has 0 radical (unpaired) electrons. The van der Waals surface area contributed by atoms with Gasteiger partial charge in [-0.25, -0.2) is 4.98 Å². The minimum absolute atomic E-state index is 0.156. The second kappa shape index (κ2) is 9.80. The van der Waals surface area contributed by atoms with Crippen LogP contribution in [-0.2, 0) is 25.9 Å². The maximum Gasteiger partial charge on any atom is 0.417 e. The summed E-state index contributed by atoms with van der Waals surface area (Å²) in [6, 6.07) is 9.82. The van der Waals surface area contributed by atoms with Crippen LogP contribution in [0.3, 0.4) is 0 Å². The standard InChI is InChI=1S/C24H28F3N3O3/c1-23(2,3)18-6-4-5-7-19(18)29-21(31)15-33-22(32)16-10-12-30(13-11-16)20-9-8-17(14-28-20)24(25,26)27/h4-9,14,16H,10-13,15H2,1-3H3,(H,29,31). The highest BCUT2D eigenvalue weighted by Gasteiger charge is 2.32. The van der Waals surface area contributed by atoms with E-state index in [2.05, 4.69) is 10.3 Å². The Kier molecular flexibility index (Phi) is 7.29. The SMILES string of the molecule is CC(C)(C)c1ccccc1NC(=O)COC(=O)C1CCN(c2ccc(C(F)(F)F)cn2)CC1. The van der Waals surface area contributed by atoms with Gasteiger partial charge in [-0.2, -0.15) is 13.2 Å². The zero-order chi connectivity index (χ0) is 24.2. The molecule has 1 aromatic heterocycles. The summed E-state index contributed by atoms with van der Waals surface area (Å²) in [6.07, 6.45) is -2.68. The summed E-state index contributed by atoms with van der Waals surface area (Å²) in [7, 11) is 0. The fraction of sp³-hybridized carbons (Fsp3) is 0.458. The number of ether oxygens (including phenoxy) is 1. The largest absolute Gasteiger partial charge is 0.455 e. The minimum Gasteiger partial charge on any atom is -0.455 e. The number of nitrogens with one attached hydrogen (secondary N) is 1. The Hall–Kier alpha value is -3.10. The van der Waals surface area contributed by atoms with Crippen LogP contribution in [-0.4, -0.2) is 36.6 Å². The zero-order valence-corrected chi connectivity index (χ0v) is 18.9. The molecule has 1 saturated heterocycles. The number of para-hydroxylation sites is 1. The van der Waals surface area contributed by atoms with E-state index in [1.807, 2.05) is 49.9 Å². The summed E-state index contributed by atoms with van der Waals surface area (Å²) in [5, 5.41) is 2.81. The summed E-state index contributed by atoms with van der Waals surface area (Å²) in [4.78, 5) is 30.5. The number of alkyl halides is 3. The highest BCUT2D eigenvalue weighted by molar-refractivity contribution is 5.93. The second-order valence-corrected chi connectivity index (χ2v) is 9.12. The van der Waals surface area contributed by atoms with Crippen molar-refractivity contribution in [2.45, 2.75) is 45.2 Å². The number of carbonyl (C=O) groups excluding carboxylic acids is 2. The lowest BCUT2D eigenvalue weighted by atomic mass is 9.86. The molecule has 1 fully saturated rings. The number of carbonyl (C=O) groups is 2. The summed E-state index contributed by atoms with van der Waals surface area (Å²) < 4.78 is 43.3. The molecule has 0 saturated carbocycles. The van der Waals surface area contributed by atoms with E-state index in [0.717, 1.165) is 17.8 Å². The Balaban J connectivity index is 1.47. The fourth-order valence-corrected chi connectivity index (χ4v) is 3.77. The van der Waals surface area contributed by atoms with E-state index in [4.69, 9.17) is 4.74 Å². The highest BCUT2D eigenvalue weighted by Crippen LogP contribution is 2.31. The number of piperidine rings is 1. The van der Waals surface area contributed by atoms with Crippen LogP contribution in [0.25, 0.3) is 0 Å². The van der Waals surface area contributed by atoms with E-state index in [9.17, 15) is 22.8 Å². The molecule has 1 amide bonds. The Bertz CT molecular complexity index is 977. The number of pyridine rings is 1. The molecule has 0 bridgehead atoms. The molecule has 0 spiro atoms. The molecule has 1 aliphatic heterocycles. The van der Waals surface area contributed by atoms with E-state index < -0.39 is 23.6 Å². The van der Waals surface area contributed by atoms with Crippen molar-refractivity contribution in [2.75, 3.05) is 29.9 Å². The summed E-state index contributed by atoms with van der Waals surface area (Å²) >= 11 is 0. The monoisotopic (exact) mass is 463 g/mol. The molecule has 9 heteroatoms. The van der Waals surface area contributed by atoms with Crippen LogP contribution < -0.4 is 10.2 Å². The van der Waals surface area contributed by atoms with Crippen LogP contribution in [0.1, 0.15) is 44.7 Å². The van der Waals surface area contributed by atoms with Crippen molar-refractivity contribution in [1.29, 1.82) is 0 Å². The van der Waals surface area contributed by atoms with Gasteiger partial charge in [-0.05, 0) is 42.0 Å². The van der Waals surface area contributed by atoms with Crippen molar-refractivity contribution in [3.05, 3.63) is 53.7 Å². The number of esters is 1. The number of amides is 1. The molecular formula is C24H28F3N3O3. The molecule has 33 heavy (non-hydrogen) atoms. The van der Waals surface area contributed by atoms with Gasteiger partial charge in [-0.15, -0.1) is 0 Å². The number of nitrogens with zero attached hydrogens (tertiary/aromatic N) is 2. The lowest BCUT2D eigenvalue weighted by Crippen LogP contribution is -2.38. The van der Waals surface area contributed by atoms with Crippen LogP contribution >= 0.6 is 0 Å². The predicted octanol–water partition coefficient (Wildman–Crippen LogP) is 4.80. The number of hydrogen-bond donors (Lipinski definition) is 1. The third kappa shape index (κ3) is 6.46. The van der Waals surface area contributed by atoms with Crippen LogP contribution in [0, 0.1) is 5.92 Å². The van der Waals surface area contributed by atoms with Crippen molar-refractivity contribution >= 4 is 23.4 Å². The molecule has 0 atom stereocenters. The third-order valence-electron chi connectivity index (χ3n) is 5.58. The first-order valence-electron chi connectivity index (χ1n) is 10.8. The van der Waals surface area contributed by atoms with Gasteiger partial charge >= 0.3 is 12.1 Å². The molecule has 0 unspecified atom stereocenters. The van der Waals surface area contributed by atoms with Crippen molar-refractivity contribution < 1.29 is 27.5 Å². The van der Waals surface area contributed by atoms with Gasteiger partial charge in [0.2, 0.25) is 0 Å². The fourth-order valence-electron chi connectivity index (χ4n) is 3.77. The van der Waals surface area contributed by atoms with E-state index in [-0.39, 0.29) is 17.9 Å². The van der Waals surface area contributed by atoms with Gasteiger partial charge in [0.25, 0.3) is 5.91 Å². The number of anilines is 2. The highest BCUT2D eigenvalue weighted by atomic mass is 19.4. The number of benzene rings is 1. The second-order valence-electron chi connectivity index (χ2n) is 9.12. The van der Waals surface area contributed by atoms with Crippen molar-refractivity contribution in [3.8, 4) is 0 Å². The smallest absolute Gasteiger partial charge is 0.417 e. The minimum atomic E-state index is -4.43. The maximum atomic E-state index is 12.7. The van der Waals surface area contributed by atoms with E-state index >= 15 is 0 Å². The van der Waals surface area contributed by atoms with Crippen molar-refractivity contribution in [3.63, 3.8) is 0 Å². The number of hydrogen-bond acceptors (Lipinski definition) is 5. The maximum absolute atomic E-state index is 12.7. The van der Waals surface area contributed by atoms with Crippen LogP contribution in [0.5, 0.6) is 0 Å². The molecule has 6 nitrogen and oxygen atoms in total. The van der Waals surface area contributed by atoms with Gasteiger partial charge in [-0.3, -0.25) is 9.59 Å². The first kappa shape index (κ1) is 24.5. The first-order chi connectivity index (χ1) is 15.4. The van der Waals surface area contributed by atoms with E-state index in [0.29, 0.717) is 37.4 Å². The number of rotatable bonds is 5. The summed E-state index contributed by atoms with van der Waals surface area (Å²) in [6.45, 7) is 6.68. The van der Waals surface area contributed by atoms with Crippen molar-refractivity contribution in [1.82, 2.24) is 4.98 Å². The van der Waals surface area contributed by atoms with Gasteiger partial charge in [0.15, 0.2) is 6.61 Å². The van der Waals surface area contributed by atoms with Gasteiger partial charge < -0.3 is 15.0 Å². The zero-order valence-electron chi connectivity index (χ0n) is 18.9. The Morgan fingerprint density at radius 1 is 1.09 bits per heavy atom. The van der Waals surface area contributed by atoms with Gasteiger partial charge in [0.05, 0.1) is 11.5 Å². The Labute approximate surface area is 191 Å². The van der Waals surface area contributed by atoms with Crippen LogP contribution in [0.15, 0.2) is 42.6 Å². The molecule has 2 aromatic rings. The molecule has 2 heterocycles.